The second-order valence-corrected chi connectivity index (χ2v) is 6.48. The van der Waals surface area contributed by atoms with Gasteiger partial charge in [-0.1, -0.05) is 15.9 Å². The Kier molecular flexibility index (Phi) is 4.61. The SMILES string of the molecule is Cc1cc(Br)cc(NCc2ccc(CC(=O)O)s2)c1. The number of carboxylic acids is 1. The minimum atomic E-state index is -0.788. The van der Waals surface area contributed by atoms with Gasteiger partial charge >= 0.3 is 5.97 Å². The summed E-state index contributed by atoms with van der Waals surface area (Å²) in [5.74, 6) is -0.788. The van der Waals surface area contributed by atoms with Crippen LogP contribution in [0.4, 0.5) is 5.69 Å². The van der Waals surface area contributed by atoms with Crippen LogP contribution in [0.2, 0.25) is 0 Å². The molecular weight excluding hydrogens is 326 g/mol. The first-order valence-corrected chi connectivity index (χ1v) is 7.44. The quantitative estimate of drug-likeness (QED) is 0.863. The van der Waals surface area contributed by atoms with E-state index in [-0.39, 0.29) is 6.42 Å². The van der Waals surface area contributed by atoms with Gasteiger partial charge in [-0.05, 0) is 42.8 Å². The molecule has 19 heavy (non-hydrogen) atoms. The van der Waals surface area contributed by atoms with E-state index >= 15 is 0 Å². The van der Waals surface area contributed by atoms with Crippen molar-refractivity contribution in [1.29, 1.82) is 0 Å². The van der Waals surface area contributed by atoms with Crippen molar-refractivity contribution in [2.24, 2.45) is 0 Å². The number of aryl methyl sites for hydroxylation is 1. The average molecular weight is 340 g/mol. The maximum absolute atomic E-state index is 10.6. The van der Waals surface area contributed by atoms with Gasteiger partial charge in [0, 0.05) is 26.5 Å². The van der Waals surface area contributed by atoms with E-state index in [1.165, 1.54) is 16.9 Å². The van der Waals surface area contributed by atoms with Crippen molar-refractivity contribution in [3.8, 4) is 0 Å². The number of hydrogen-bond acceptors (Lipinski definition) is 3. The van der Waals surface area contributed by atoms with Crippen LogP contribution in [0.25, 0.3) is 0 Å². The minimum absolute atomic E-state index is 0.0979. The van der Waals surface area contributed by atoms with Crippen LogP contribution in [-0.4, -0.2) is 11.1 Å². The summed E-state index contributed by atoms with van der Waals surface area (Å²) in [7, 11) is 0. The van der Waals surface area contributed by atoms with E-state index in [1.807, 2.05) is 25.1 Å². The summed E-state index contributed by atoms with van der Waals surface area (Å²) in [6, 6.07) is 10.0. The third-order valence-electron chi connectivity index (χ3n) is 2.55. The third-order valence-corrected chi connectivity index (χ3v) is 4.09. The van der Waals surface area contributed by atoms with Gasteiger partial charge in [0.05, 0.1) is 6.42 Å². The number of anilines is 1. The zero-order valence-corrected chi connectivity index (χ0v) is 12.8. The van der Waals surface area contributed by atoms with Gasteiger partial charge in [-0.15, -0.1) is 11.3 Å². The lowest BCUT2D eigenvalue weighted by molar-refractivity contribution is -0.136. The Morgan fingerprint density at radius 1 is 1.32 bits per heavy atom. The second kappa shape index (κ2) is 6.21. The average Bonchev–Trinajstić information content (AvgIpc) is 2.72. The van der Waals surface area contributed by atoms with Gasteiger partial charge in [-0.2, -0.15) is 0 Å². The van der Waals surface area contributed by atoms with E-state index < -0.39 is 5.97 Å². The first kappa shape index (κ1) is 14.1. The summed E-state index contributed by atoms with van der Waals surface area (Å²) in [6.07, 6.45) is 0.0979. The van der Waals surface area contributed by atoms with Crippen LogP contribution < -0.4 is 5.32 Å². The first-order valence-electron chi connectivity index (χ1n) is 5.83. The van der Waals surface area contributed by atoms with Crippen molar-refractivity contribution in [2.75, 3.05) is 5.32 Å². The third kappa shape index (κ3) is 4.36. The maximum atomic E-state index is 10.6. The van der Waals surface area contributed by atoms with Crippen LogP contribution in [-0.2, 0) is 17.8 Å². The maximum Gasteiger partial charge on any atom is 0.308 e. The molecule has 1 heterocycles. The van der Waals surface area contributed by atoms with Gasteiger partial charge in [0.1, 0.15) is 0 Å². The molecule has 0 atom stereocenters. The Morgan fingerprint density at radius 3 is 2.74 bits per heavy atom. The molecule has 0 amide bonds. The van der Waals surface area contributed by atoms with Crippen LogP contribution >= 0.6 is 27.3 Å². The van der Waals surface area contributed by atoms with Gasteiger partial charge < -0.3 is 10.4 Å². The molecule has 0 saturated carbocycles. The van der Waals surface area contributed by atoms with E-state index in [2.05, 4.69) is 33.4 Å². The van der Waals surface area contributed by atoms with E-state index in [0.717, 1.165) is 19.9 Å². The largest absolute Gasteiger partial charge is 0.481 e. The Hall–Kier alpha value is -1.33. The van der Waals surface area contributed by atoms with Crippen LogP contribution in [0.1, 0.15) is 15.3 Å². The normalized spacial score (nSPS) is 10.4. The molecule has 0 saturated heterocycles. The Morgan fingerprint density at radius 2 is 2.05 bits per heavy atom. The standard InChI is InChI=1S/C14H14BrNO2S/c1-9-4-10(15)6-11(5-9)16-8-13-3-2-12(19-13)7-14(17)18/h2-6,16H,7-8H2,1H3,(H,17,18). The van der Waals surface area contributed by atoms with Crippen molar-refractivity contribution in [3.63, 3.8) is 0 Å². The van der Waals surface area contributed by atoms with Gasteiger partial charge in [0.25, 0.3) is 0 Å². The van der Waals surface area contributed by atoms with Crippen molar-refractivity contribution in [2.45, 2.75) is 19.9 Å². The van der Waals surface area contributed by atoms with E-state index in [1.54, 1.807) is 0 Å². The molecule has 0 aliphatic heterocycles. The molecule has 2 aromatic rings. The van der Waals surface area contributed by atoms with E-state index in [4.69, 9.17) is 5.11 Å². The van der Waals surface area contributed by atoms with E-state index in [0.29, 0.717) is 6.54 Å². The van der Waals surface area contributed by atoms with Crippen LogP contribution in [0.15, 0.2) is 34.8 Å². The van der Waals surface area contributed by atoms with Crippen LogP contribution in [0, 0.1) is 6.92 Å². The molecule has 1 aromatic carbocycles. The first-order chi connectivity index (χ1) is 9.02. The summed E-state index contributed by atoms with van der Waals surface area (Å²) < 4.78 is 1.05. The number of carbonyl (C=O) groups is 1. The second-order valence-electron chi connectivity index (χ2n) is 4.31. The summed E-state index contributed by atoms with van der Waals surface area (Å²) >= 11 is 5.00. The lowest BCUT2D eigenvalue weighted by atomic mass is 10.2. The molecule has 0 fully saturated rings. The number of carboxylic acid groups (broad SMARTS) is 1. The topological polar surface area (TPSA) is 49.3 Å². The number of hydrogen-bond donors (Lipinski definition) is 2. The van der Waals surface area contributed by atoms with E-state index in [9.17, 15) is 4.79 Å². The summed E-state index contributed by atoms with van der Waals surface area (Å²) in [6.45, 7) is 2.76. The van der Waals surface area contributed by atoms with Crippen LogP contribution in [0.3, 0.4) is 0 Å². The summed E-state index contributed by atoms with van der Waals surface area (Å²) in [5, 5.41) is 12.1. The summed E-state index contributed by atoms with van der Waals surface area (Å²) in [4.78, 5) is 12.6. The van der Waals surface area contributed by atoms with Gasteiger partial charge in [0.15, 0.2) is 0 Å². The van der Waals surface area contributed by atoms with Gasteiger partial charge in [-0.3, -0.25) is 4.79 Å². The number of thiophene rings is 1. The fourth-order valence-electron chi connectivity index (χ4n) is 1.79. The fraction of sp³-hybridized carbons (Fsp3) is 0.214. The number of aliphatic carboxylic acids is 1. The smallest absolute Gasteiger partial charge is 0.308 e. The molecule has 1 aromatic heterocycles. The predicted octanol–water partition coefficient (Wildman–Crippen LogP) is 4.06. The zero-order valence-electron chi connectivity index (χ0n) is 10.4. The molecule has 0 spiro atoms. The molecular formula is C14H14BrNO2S. The highest BCUT2D eigenvalue weighted by molar-refractivity contribution is 9.10. The van der Waals surface area contributed by atoms with Gasteiger partial charge in [0.2, 0.25) is 0 Å². The lowest BCUT2D eigenvalue weighted by Crippen LogP contribution is -1.98. The Labute approximate surface area is 124 Å². The number of rotatable bonds is 5. The highest BCUT2D eigenvalue weighted by Gasteiger charge is 2.04. The molecule has 5 heteroatoms. The molecule has 0 aliphatic rings. The number of benzene rings is 1. The van der Waals surface area contributed by atoms with Crippen molar-refractivity contribution < 1.29 is 9.90 Å². The van der Waals surface area contributed by atoms with Crippen LogP contribution in [0.5, 0.6) is 0 Å². The number of halogens is 1. The van der Waals surface area contributed by atoms with Crippen molar-refractivity contribution in [1.82, 2.24) is 0 Å². The van der Waals surface area contributed by atoms with Crippen molar-refractivity contribution in [3.05, 3.63) is 50.1 Å². The molecule has 2 rings (SSSR count). The van der Waals surface area contributed by atoms with Gasteiger partial charge in [-0.25, -0.2) is 0 Å². The molecule has 0 aliphatic carbocycles. The highest BCUT2D eigenvalue weighted by atomic mass is 79.9. The minimum Gasteiger partial charge on any atom is -0.481 e. The molecule has 100 valence electrons. The Bertz CT molecular complexity index is 575. The zero-order chi connectivity index (χ0) is 13.8. The van der Waals surface area contributed by atoms with Crippen molar-refractivity contribution >= 4 is 38.9 Å². The lowest BCUT2D eigenvalue weighted by Gasteiger charge is -2.06. The predicted molar refractivity (Wildman–Crippen MR) is 81.9 cm³/mol. The monoisotopic (exact) mass is 339 g/mol. The Balaban J connectivity index is 1.98. The molecule has 3 nitrogen and oxygen atoms in total. The number of nitrogens with one attached hydrogen (secondary N) is 1. The molecule has 0 bridgehead atoms. The fourth-order valence-corrected chi connectivity index (χ4v) is 3.35. The molecule has 0 unspecified atom stereocenters. The molecule has 2 N–H and O–H groups in total. The summed E-state index contributed by atoms with van der Waals surface area (Å²) in [5.41, 5.74) is 2.25. The highest BCUT2D eigenvalue weighted by Crippen LogP contribution is 2.22. The molecule has 0 radical (unpaired) electrons.